The molecule has 6 rings (SSSR count). The van der Waals surface area contributed by atoms with Gasteiger partial charge in [-0.3, -0.25) is 9.59 Å². The lowest BCUT2D eigenvalue weighted by Crippen LogP contribution is -2.59. The van der Waals surface area contributed by atoms with Gasteiger partial charge in [0.15, 0.2) is 17.7 Å². The molecule has 5 heterocycles. The summed E-state index contributed by atoms with van der Waals surface area (Å²) >= 11 is 1.55. The van der Waals surface area contributed by atoms with E-state index < -0.39 is 71.7 Å². The summed E-state index contributed by atoms with van der Waals surface area (Å²) in [6, 6.07) is 7.70. The summed E-state index contributed by atoms with van der Waals surface area (Å²) in [5.74, 6) is -2.57. The lowest BCUT2D eigenvalue weighted by Gasteiger charge is -2.48. The van der Waals surface area contributed by atoms with Crippen molar-refractivity contribution in [2.24, 2.45) is 28.8 Å². The predicted molar refractivity (Wildman–Crippen MR) is 211 cm³/mol. The molecule has 0 radical (unpaired) electrons. The number of benzene rings is 1. The van der Waals surface area contributed by atoms with Crippen LogP contribution in [0.15, 0.2) is 41.0 Å². The molecule has 13 nitrogen and oxygen atoms in total. The number of thiazole rings is 1. The van der Waals surface area contributed by atoms with Crippen molar-refractivity contribution in [1.82, 2.24) is 9.88 Å². The summed E-state index contributed by atoms with van der Waals surface area (Å²) in [4.78, 5) is 40.7. The zero-order valence-corrected chi connectivity index (χ0v) is 35.3. The van der Waals surface area contributed by atoms with Gasteiger partial charge >= 0.3 is 5.97 Å². The molecule has 1 N–H and O–H groups in total. The molecule has 3 unspecified atom stereocenters. The Hall–Kier alpha value is -2.82. The maximum Gasteiger partial charge on any atom is 0.311 e. The van der Waals surface area contributed by atoms with Gasteiger partial charge in [-0.2, -0.15) is 0 Å². The number of ketones is 1. The number of oxime groups is 1. The Morgan fingerprint density at radius 1 is 1.05 bits per heavy atom. The number of rotatable bonds is 8. The molecule has 56 heavy (non-hydrogen) atoms. The van der Waals surface area contributed by atoms with Crippen molar-refractivity contribution >= 4 is 28.8 Å². The average molecular weight is 800 g/mol. The van der Waals surface area contributed by atoms with Crippen molar-refractivity contribution < 1.29 is 48.0 Å². The second-order valence-electron chi connectivity index (χ2n) is 16.9. The molecule has 0 aliphatic carbocycles. The third-order valence-electron chi connectivity index (χ3n) is 12.4. The van der Waals surface area contributed by atoms with Gasteiger partial charge in [0.1, 0.15) is 29.5 Å². The van der Waals surface area contributed by atoms with Gasteiger partial charge in [0.2, 0.25) is 0 Å². The maximum atomic E-state index is 14.2. The topological polar surface area (TPSA) is 147 Å². The Labute approximate surface area is 335 Å². The third-order valence-corrected chi connectivity index (χ3v) is 13.2. The minimum atomic E-state index is -1.31. The van der Waals surface area contributed by atoms with E-state index in [1.165, 1.54) is 0 Å². The van der Waals surface area contributed by atoms with Crippen molar-refractivity contribution in [1.29, 1.82) is 0 Å². The van der Waals surface area contributed by atoms with Gasteiger partial charge in [0, 0.05) is 40.6 Å². The Balaban J connectivity index is 1.39. The second kappa shape index (κ2) is 17.6. The van der Waals surface area contributed by atoms with Crippen molar-refractivity contribution in [3.8, 4) is 10.6 Å². The molecule has 14 heteroatoms. The van der Waals surface area contributed by atoms with Gasteiger partial charge in [-0.1, -0.05) is 57.1 Å². The summed E-state index contributed by atoms with van der Waals surface area (Å²) in [5, 5.41) is 19.1. The fraction of sp³-hybridized carbons (Fsp3) is 0.714. The summed E-state index contributed by atoms with van der Waals surface area (Å²) in [6.07, 6.45) is -1.78. The maximum absolute atomic E-state index is 14.2. The number of esters is 1. The number of fused-ring (bicyclic) bond motifs is 5. The Morgan fingerprint density at radius 2 is 1.80 bits per heavy atom. The summed E-state index contributed by atoms with van der Waals surface area (Å²) in [7, 11) is 3.86. The first kappa shape index (κ1) is 42.8. The molecule has 2 aromatic rings. The van der Waals surface area contributed by atoms with E-state index in [0.717, 1.165) is 16.1 Å². The van der Waals surface area contributed by atoms with Crippen LogP contribution in [0.25, 0.3) is 10.6 Å². The van der Waals surface area contributed by atoms with Crippen LogP contribution < -0.4 is 0 Å². The molecule has 4 aliphatic rings. The number of aliphatic hydroxyl groups is 1. The third kappa shape index (κ3) is 8.63. The van der Waals surface area contributed by atoms with Crippen LogP contribution in [0.5, 0.6) is 0 Å². The molecule has 14 atom stereocenters. The van der Waals surface area contributed by atoms with Crippen molar-refractivity contribution in [2.75, 3.05) is 27.3 Å². The lowest BCUT2D eigenvalue weighted by atomic mass is 9.75. The quantitative estimate of drug-likeness (QED) is 0.260. The van der Waals surface area contributed by atoms with Crippen LogP contribution in [-0.2, 0) is 49.5 Å². The van der Waals surface area contributed by atoms with Crippen LogP contribution in [-0.4, -0.2) is 120 Å². The number of Topliss-reactive ketones (excluding diaryl/α,β-unsaturated/α-hetero) is 1. The second-order valence-corrected chi connectivity index (χ2v) is 17.8. The number of nitrogens with zero attached hydrogens (tertiary/aromatic N) is 3. The Kier molecular flexibility index (Phi) is 13.4. The standard InChI is InChI=1S/C42H61N3O10S/c1-11-32-42(8)36(47)25(4)34(55-42)23(2)19-41(7)37(54-40-33(46)31(45(9)10)18-24(3)52-40)26(5)35(27(6)39(48)53-32)49-21-29(22-50-41)44-51-20-28-14-12-13-15-30(28)38-43-16-17-56-38/h12-17,23-27,31-35,37,40,46H,11,18-22H2,1-10H3/b44-29+/t23-,24-,25?,26-,27-,31+,32-,33-,34?,35+,37-,40+,41-,42?/m1/s1. The van der Waals surface area contributed by atoms with Gasteiger partial charge in [-0.15, -0.1) is 11.3 Å². The van der Waals surface area contributed by atoms with Crippen LogP contribution in [0.3, 0.4) is 0 Å². The van der Waals surface area contributed by atoms with Gasteiger partial charge in [0.05, 0.1) is 49.1 Å². The van der Waals surface area contributed by atoms with Crippen molar-refractivity contribution in [3.63, 3.8) is 0 Å². The number of aromatic nitrogens is 1. The van der Waals surface area contributed by atoms with E-state index in [-0.39, 0.29) is 43.7 Å². The highest BCUT2D eigenvalue weighted by molar-refractivity contribution is 7.13. The number of cyclic esters (lactones) is 1. The highest BCUT2D eigenvalue weighted by atomic mass is 32.1. The molecule has 0 spiro atoms. The van der Waals surface area contributed by atoms with E-state index in [1.807, 2.05) is 83.3 Å². The minimum Gasteiger partial charge on any atom is -0.459 e. The molecule has 310 valence electrons. The number of carbonyl (C=O) groups excluding carboxylic acids is 2. The first-order valence-corrected chi connectivity index (χ1v) is 20.9. The first-order chi connectivity index (χ1) is 26.6. The molecule has 4 bridgehead atoms. The SMILES string of the molecule is CC[C@H]1OC(=O)[C@H](C)[C@H]2OC/C(=N\OCc3ccccc3-c3nccs3)CO[C@](C)(C[C@@H](C)C3OC1(C)C(=O)C3C)[C@H](O[C@@H]1O[C@H](C)C[C@H](N(C)C)[C@H]1O)[C@@H]2C. The van der Waals surface area contributed by atoms with Gasteiger partial charge in [-0.25, -0.2) is 4.98 Å². The highest BCUT2D eigenvalue weighted by Gasteiger charge is 2.58. The van der Waals surface area contributed by atoms with Gasteiger partial charge < -0.3 is 43.3 Å². The number of likely N-dealkylation sites (N-methyl/N-ethyl adjacent to an activating group) is 1. The zero-order valence-electron chi connectivity index (χ0n) is 34.5. The molecular formula is C42H61N3O10S. The van der Waals surface area contributed by atoms with Crippen LogP contribution in [0.1, 0.15) is 80.2 Å². The number of aliphatic hydroxyl groups excluding tert-OH is 1. The summed E-state index contributed by atoms with van der Waals surface area (Å²) in [6.45, 7) is 15.5. The number of carbonyl (C=O) groups is 2. The molecule has 1 aromatic carbocycles. The number of hydrogen-bond donors (Lipinski definition) is 1. The molecule has 0 saturated carbocycles. The zero-order chi connectivity index (χ0) is 40.5. The van der Waals surface area contributed by atoms with E-state index in [2.05, 4.69) is 17.1 Å². The minimum absolute atomic E-state index is 0.0115. The Morgan fingerprint density at radius 3 is 2.50 bits per heavy atom. The average Bonchev–Trinajstić information content (AvgIpc) is 3.79. The van der Waals surface area contributed by atoms with Crippen LogP contribution >= 0.6 is 11.3 Å². The van der Waals surface area contributed by atoms with Crippen LogP contribution in [0.2, 0.25) is 0 Å². The fourth-order valence-electron chi connectivity index (χ4n) is 9.35. The van der Waals surface area contributed by atoms with E-state index in [4.69, 9.17) is 33.3 Å². The monoisotopic (exact) mass is 799 g/mol. The smallest absolute Gasteiger partial charge is 0.311 e. The highest BCUT2D eigenvalue weighted by Crippen LogP contribution is 2.45. The van der Waals surface area contributed by atoms with Gasteiger partial charge in [-0.05, 0) is 67.0 Å². The molecule has 4 fully saturated rings. The van der Waals surface area contributed by atoms with E-state index in [9.17, 15) is 14.7 Å². The molecule has 4 saturated heterocycles. The molecule has 0 amide bonds. The molecular weight excluding hydrogens is 739 g/mol. The summed E-state index contributed by atoms with van der Waals surface area (Å²) < 4.78 is 39.9. The number of ether oxygens (including phenoxy) is 6. The van der Waals surface area contributed by atoms with Gasteiger partial charge in [0.25, 0.3) is 0 Å². The van der Waals surface area contributed by atoms with Crippen molar-refractivity contribution in [3.05, 3.63) is 41.4 Å². The molecule has 4 aliphatic heterocycles. The van der Waals surface area contributed by atoms with E-state index >= 15 is 0 Å². The van der Waals surface area contributed by atoms with E-state index in [1.54, 1.807) is 31.4 Å². The van der Waals surface area contributed by atoms with E-state index in [0.29, 0.717) is 25.0 Å². The molecule has 1 aromatic heterocycles. The lowest BCUT2D eigenvalue weighted by molar-refractivity contribution is -0.302. The normalized spacial score (nSPS) is 40.6. The summed E-state index contributed by atoms with van der Waals surface area (Å²) in [5.41, 5.74) is -0.0238. The first-order valence-electron chi connectivity index (χ1n) is 20.1. The van der Waals surface area contributed by atoms with Crippen LogP contribution in [0, 0.1) is 23.7 Å². The van der Waals surface area contributed by atoms with Crippen LogP contribution in [0.4, 0.5) is 0 Å². The van der Waals surface area contributed by atoms with Crippen molar-refractivity contribution in [2.45, 2.75) is 141 Å². The Bertz CT molecular complexity index is 1690. The number of hydrogen-bond acceptors (Lipinski definition) is 14. The largest absolute Gasteiger partial charge is 0.459 e. The predicted octanol–water partition coefficient (Wildman–Crippen LogP) is 5.66. The fourth-order valence-corrected chi connectivity index (χ4v) is 10.1.